The molecular formula is C14H17FN2OS. The first-order chi connectivity index (χ1) is 9.01. The van der Waals surface area contributed by atoms with E-state index < -0.39 is 5.82 Å². The monoisotopic (exact) mass is 280 g/mol. The molecule has 0 amide bonds. The maximum absolute atomic E-state index is 13.8. The highest BCUT2D eigenvalue weighted by Crippen LogP contribution is 2.32. The molecule has 0 atom stereocenters. The van der Waals surface area contributed by atoms with E-state index in [9.17, 15) is 9.50 Å². The van der Waals surface area contributed by atoms with Gasteiger partial charge in [0.2, 0.25) is 0 Å². The Balaban J connectivity index is 2.42. The predicted molar refractivity (Wildman–Crippen MR) is 75.6 cm³/mol. The quantitative estimate of drug-likeness (QED) is 0.903. The normalized spacial score (nSPS) is 11.2. The van der Waals surface area contributed by atoms with Crippen LogP contribution < -0.4 is 5.73 Å². The van der Waals surface area contributed by atoms with Gasteiger partial charge in [0, 0.05) is 23.1 Å². The summed E-state index contributed by atoms with van der Waals surface area (Å²) in [5.74, 6) is -0.0717. The second-order valence-corrected chi connectivity index (χ2v) is 5.94. The first-order valence-electron chi connectivity index (χ1n) is 6.18. The zero-order valence-corrected chi connectivity index (χ0v) is 11.8. The van der Waals surface area contributed by atoms with E-state index in [4.69, 9.17) is 5.73 Å². The minimum atomic E-state index is -0.464. The first-order valence-corrected chi connectivity index (χ1v) is 7.00. The van der Waals surface area contributed by atoms with Gasteiger partial charge >= 0.3 is 0 Å². The minimum Gasteiger partial charge on any atom is -0.508 e. The number of nitrogens with two attached hydrogens (primary N) is 1. The molecule has 0 saturated carbocycles. The molecule has 102 valence electrons. The zero-order valence-electron chi connectivity index (χ0n) is 11.0. The van der Waals surface area contributed by atoms with Crippen molar-refractivity contribution in [3.8, 4) is 16.3 Å². The number of aromatic hydroxyl groups is 1. The van der Waals surface area contributed by atoms with Crippen molar-refractivity contribution in [3.63, 3.8) is 0 Å². The van der Waals surface area contributed by atoms with Crippen molar-refractivity contribution < 1.29 is 9.50 Å². The molecule has 0 aliphatic rings. The van der Waals surface area contributed by atoms with Crippen LogP contribution in [-0.4, -0.2) is 10.1 Å². The lowest BCUT2D eigenvalue weighted by Crippen LogP contribution is -2.02. The summed E-state index contributed by atoms with van der Waals surface area (Å²) in [5, 5.41) is 9.85. The molecule has 0 unspecified atom stereocenters. The summed E-state index contributed by atoms with van der Waals surface area (Å²) in [4.78, 5) is 5.50. The van der Waals surface area contributed by atoms with Gasteiger partial charge in [-0.25, -0.2) is 9.37 Å². The molecule has 0 bridgehead atoms. The number of aromatic nitrogens is 1. The van der Waals surface area contributed by atoms with Crippen molar-refractivity contribution in [2.45, 2.75) is 26.8 Å². The molecular weight excluding hydrogens is 263 g/mol. The van der Waals surface area contributed by atoms with E-state index in [1.54, 1.807) is 6.07 Å². The number of hydrogen-bond acceptors (Lipinski definition) is 4. The Morgan fingerprint density at radius 2 is 2.16 bits per heavy atom. The summed E-state index contributed by atoms with van der Waals surface area (Å²) < 4.78 is 13.8. The van der Waals surface area contributed by atoms with Crippen molar-refractivity contribution >= 4 is 11.3 Å². The number of thiazole rings is 1. The number of halogens is 1. The fourth-order valence-corrected chi connectivity index (χ4v) is 2.88. The van der Waals surface area contributed by atoms with Gasteiger partial charge < -0.3 is 10.8 Å². The highest BCUT2D eigenvalue weighted by atomic mass is 32.1. The average molecular weight is 280 g/mol. The summed E-state index contributed by atoms with van der Waals surface area (Å²) >= 11 is 1.42. The van der Waals surface area contributed by atoms with Crippen LogP contribution in [0.25, 0.3) is 10.6 Å². The Bertz CT molecular complexity index is 581. The van der Waals surface area contributed by atoms with Crippen LogP contribution in [0.15, 0.2) is 18.2 Å². The molecule has 1 heterocycles. The fourth-order valence-electron chi connectivity index (χ4n) is 1.88. The third kappa shape index (κ3) is 3.11. The average Bonchev–Trinajstić information content (AvgIpc) is 2.71. The summed E-state index contributed by atoms with van der Waals surface area (Å²) in [6.45, 7) is 4.64. The summed E-state index contributed by atoms with van der Waals surface area (Å²) in [6, 6.07) is 4.11. The highest BCUT2D eigenvalue weighted by molar-refractivity contribution is 7.15. The maximum Gasteiger partial charge on any atom is 0.137 e. The summed E-state index contributed by atoms with van der Waals surface area (Å²) in [6.07, 6.45) is 0.836. The largest absolute Gasteiger partial charge is 0.508 e. The van der Waals surface area contributed by atoms with Crippen LogP contribution in [0.4, 0.5) is 4.39 Å². The second kappa shape index (κ2) is 5.67. The van der Waals surface area contributed by atoms with Gasteiger partial charge in [-0.3, -0.25) is 0 Å². The van der Waals surface area contributed by atoms with Gasteiger partial charge in [-0.2, -0.15) is 0 Å². The lowest BCUT2D eigenvalue weighted by Gasteiger charge is -2.02. The van der Waals surface area contributed by atoms with Crippen molar-refractivity contribution in [1.29, 1.82) is 0 Å². The number of benzene rings is 1. The Kier molecular flexibility index (Phi) is 4.17. The Hall–Kier alpha value is -1.46. The Morgan fingerprint density at radius 1 is 1.42 bits per heavy atom. The smallest absolute Gasteiger partial charge is 0.137 e. The van der Waals surface area contributed by atoms with Gasteiger partial charge in [0.15, 0.2) is 0 Å². The number of nitrogens with zero attached hydrogens (tertiary/aromatic N) is 1. The molecule has 0 radical (unpaired) electrons. The zero-order chi connectivity index (χ0) is 14.0. The van der Waals surface area contributed by atoms with E-state index >= 15 is 0 Å². The molecule has 0 fully saturated rings. The van der Waals surface area contributed by atoms with Crippen LogP contribution >= 0.6 is 11.3 Å². The van der Waals surface area contributed by atoms with Crippen molar-refractivity contribution in [1.82, 2.24) is 4.98 Å². The third-order valence-electron chi connectivity index (χ3n) is 2.75. The van der Waals surface area contributed by atoms with E-state index in [0.29, 0.717) is 23.0 Å². The molecule has 3 N–H and O–H groups in total. The van der Waals surface area contributed by atoms with Gasteiger partial charge in [-0.15, -0.1) is 11.3 Å². The molecule has 0 spiro atoms. The van der Waals surface area contributed by atoms with Gasteiger partial charge in [0.05, 0.1) is 5.69 Å². The first kappa shape index (κ1) is 14.0. The fraction of sp³-hybridized carbons (Fsp3) is 0.357. The molecule has 2 rings (SSSR count). The van der Waals surface area contributed by atoms with Gasteiger partial charge in [0.25, 0.3) is 0 Å². The Labute approximate surface area is 115 Å². The van der Waals surface area contributed by atoms with Gasteiger partial charge in [-0.05, 0) is 24.5 Å². The molecule has 19 heavy (non-hydrogen) atoms. The molecule has 1 aromatic heterocycles. The number of phenols is 1. The van der Waals surface area contributed by atoms with E-state index in [1.807, 2.05) is 0 Å². The van der Waals surface area contributed by atoms with Crippen LogP contribution in [0, 0.1) is 11.7 Å². The molecule has 0 aliphatic carbocycles. The van der Waals surface area contributed by atoms with Crippen molar-refractivity contribution in [2.24, 2.45) is 11.7 Å². The molecule has 1 aromatic carbocycles. The summed E-state index contributed by atoms with van der Waals surface area (Å²) in [7, 11) is 0. The standard InChI is InChI=1S/C14H17FN2OS/c1-8(2)5-12-13(7-16)19-14(17-12)10-4-3-9(18)6-11(10)15/h3-4,6,8,18H,5,7,16H2,1-2H3. The summed E-state index contributed by atoms with van der Waals surface area (Å²) in [5.41, 5.74) is 7.08. The highest BCUT2D eigenvalue weighted by Gasteiger charge is 2.15. The van der Waals surface area contributed by atoms with Crippen molar-refractivity contribution in [2.75, 3.05) is 0 Å². The van der Waals surface area contributed by atoms with E-state index in [1.165, 1.54) is 17.4 Å². The maximum atomic E-state index is 13.8. The van der Waals surface area contributed by atoms with E-state index in [2.05, 4.69) is 18.8 Å². The molecule has 0 aliphatic heterocycles. The van der Waals surface area contributed by atoms with E-state index in [0.717, 1.165) is 23.1 Å². The number of rotatable bonds is 4. The SMILES string of the molecule is CC(C)Cc1nc(-c2ccc(O)cc2F)sc1CN. The molecule has 5 heteroatoms. The van der Waals surface area contributed by atoms with Crippen LogP contribution in [0.1, 0.15) is 24.4 Å². The predicted octanol–water partition coefficient (Wildman–Crippen LogP) is 3.31. The van der Waals surface area contributed by atoms with Crippen LogP contribution in [0.2, 0.25) is 0 Å². The van der Waals surface area contributed by atoms with Crippen LogP contribution in [-0.2, 0) is 13.0 Å². The van der Waals surface area contributed by atoms with Crippen LogP contribution in [0.3, 0.4) is 0 Å². The minimum absolute atomic E-state index is 0.0840. The van der Waals surface area contributed by atoms with Gasteiger partial charge in [0.1, 0.15) is 16.6 Å². The number of hydrogen-bond donors (Lipinski definition) is 2. The second-order valence-electron chi connectivity index (χ2n) is 4.86. The lowest BCUT2D eigenvalue weighted by atomic mass is 10.1. The molecule has 0 saturated heterocycles. The molecule has 2 aromatic rings. The third-order valence-corrected chi connectivity index (χ3v) is 3.90. The Morgan fingerprint density at radius 3 is 2.74 bits per heavy atom. The number of phenolic OH excluding ortho intramolecular Hbond substituents is 1. The topological polar surface area (TPSA) is 59.1 Å². The van der Waals surface area contributed by atoms with Crippen molar-refractivity contribution in [3.05, 3.63) is 34.6 Å². The molecule has 3 nitrogen and oxygen atoms in total. The lowest BCUT2D eigenvalue weighted by molar-refractivity contribution is 0.469. The van der Waals surface area contributed by atoms with E-state index in [-0.39, 0.29) is 5.75 Å². The van der Waals surface area contributed by atoms with Gasteiger partial charge in [-0.1, -0.05) is 13.8 Å². The van der Waals surface area contributed by atoms with Crippen LogP contribution in [0.5, 0.6) is 5.75 Å².